The minimum atomic E-state index is -0.635. The van der Waals surface area contributed by atoms with Crippen LogP contribution in [0, 0.1) is 0 Å². The van der Waals surface area contributed by atoms with Crippen molar-refractivity contribution in [3.63, 3.8) is 0 Å². The van der Waals surface area contributed by atoms with E-state index in [0.29, 0.717) is 11.4 Å². The van der Waals surface area contributed by atoms with Crippen molar-refractivity contribution in [2.24, 2.45) is 4.99 Å². The molecule has 0 spiro atoms. The molecule has 1 heterocycles. The molecule has 0 atom stereocenters. The van der Waals surface area contributed by atoms with E-state index in [1.165, 1.54) is 7.11 Å². The molecule has 0 aliphatic carbocycles. The van der Waals surface area contributed by atoms with E-state index in [0.717, 1.165) is 16.6 Å². The molecule has 0 saturated carbocycles. The first-order valence-electron chi connectivity index (χ1n) is 7.80. The number of pyridine rings is 1. The van der Waals surface area contributed by atoms with Gasteiger partial charge < -0.3 is 10.1 Å². The summed E-state index contributed by atoms with van der Waals surface area (Å²) in [6, 6.07) is 19.2. The number of thiocarbonyl (C=S) groups is 1. The number of rotatable bonds is 3. The molecule has 2 aromatic carbocycles. The van der Waals surface area contributed by atoms with E-state index in [9.17, 15) is 4.79 Å². The first-order valence-corrected chi connectivity index (χ1v) is 8.21. The van der Waals surface area contributed by atoms with Crippen LogP contribution < -0.4 is 10.6 Å². The SMILES string of the molecule is COC(=O)NC(=S)Nc1ccccc1N=Cc1ccc2ccccc2n1. The summed E-state index contributed by atoms with van der Waals surface area (Å²) in [6.07, 6.45) is 1.05. The van der Waals surface area contributed by atoms with Crippen molar-refractivity contribution < 1.29 is 9.53 Å². The maximum absolute atomic E-state index is 11.2. The zero-order chi connectivity index (χ0) is 18.4. The second-order valence-corrected chi connectivity index (χ2v) is 5.68. The van der Waals surface area contributed by atoms with Crippen molar-refractivity contribution in [2.45, 2.75) is 0 Å². The number of aromatic nitrogens is 1. The highest BCUT2D eigenvalue weighted by Gasteiger charge is 2.06. The van der Waals surface area contributed by atoms with Gasteiger partial charge in [0.1, 0.15) is 0 Å². The number of ether oxygens (including phenoxy) is 1. The molecule has 3 rings (SSSR count). The topological polar surface area (TPSA) is 75.6 Å². The van der Waals surface area contributed by atoms with Crippen LogP contribution in [0.4, 0.5) is 16.2 Å². The number of nitrogens with one attached hydrogen (secondary N) is 2. The predicted octanol–water partition coefficient (Wildman–Crippen LogP) is 4.04. The van der Waals surface area contributed by atoms with E-state index in [4.69, 9.17) is 12.2 Å². The number of methoxy groups -OCH3 is 1. The van der Waals surface area contributed by atoms with Crippen molar-refractivity contribution in [1.82, 2.24) is 10.3 Å². The van der Waals surface area contributed by atoms with Gasteiger partial charge in [-0.15, -0.1) is 0 Å². The first kappa shape index (κ1) is 17.5. The lowest BCUT2D eigenvalue weighted by molar-refractivity contribution is 0.177. The number of para-hydroxylation sites is 3. The molecule has 1 amide bonds. The van der Waals surface area contributed by atoms with E-state index in [1.54, 1.807) is 6.21 Å². The van der Waals surface area contributed by atoms with Gasteiger partial charge in [-0.2, -0.15) is 0 Å². The summed E-state index contributed by atoms with van der Waals surface area (Å²) in [7, 11) is 1.27. The molecule has 7 heteroatoms. The van der Waals surface area contributed by atoms with Crippen molar-refractivity contribution in [3.05, 3.63) is 66.4 Å². The number of alkyl carbamates (subject to hydrolysis) is 1. The third kappa shape index (κ3) is 4.40. The maximum Gasteiger partial charge on any atom is 0.413 e. The van der Waals surface area contributed by atoms with Gasteiger partial charge in [0.15, 0.2) is 5.11 Å². The Labute approximate surface area is 155 Å². The lowest BCUT2D eigenvalue weighted by atomic mass is 10.2. The minimum Gasteiger partial charge on any atom is -0.453 e. The van der Waals surface area contributed by atoms with E-state index in [-0.39, 0.29) is 5.11 Å². The van der Waals surface area contributed by atoms with E-state index < -0.39 is 6.09 Å². The van der Waals surface area contributed by atoms with Gasteiger partial charge in [0.2, 0.25) is 0 Å². The summed E-state index contributed by atoms with van der Waals surface area (Å²) in [4.78, 5) is 20.3. The molecule has 6 nitrogen and oxygen atoms in total. The lowest BCUT2D eigenvalue weighted by Crippen LogP contribution is -2.33. The molecular formula is C19H16N4O2S. The number of aliphatic imine (C=N–C) groups is 1. The molecule has 0 aliphatic heterocycles. The number of nitrogens with zero attached hydrogens (tertiary/aromatic N) is 2. The summed E-state index contributed by atoms with van der Waals surface area (Å²) in [5.74, 6) is 0. The van der Waals surface area contributed by atoms with Gasteiger partial charge in [0.05, 0.1) is 35.9 Å². The summed E-state index contributed by atoms with van der Waals surface area (Å²) < 4.78 is 4.51. The van der Waals surface area contributed by atoms with Crippen molar-refractivity contribution in [1.29, 1.82) is 0 Å². The van der Waals surface area contributed by atoms with Gasteiger partial charge >= 0.3 is 6.09 Å². The summed E-state index contributed by atoms with van der Waals surface area (Å²) in [6.45, 7) is 0. The van der Waals surface area contributed by atoms with Crippen molar-refractivity contribution in [2.75, 3.05) is 12.4 Å². The Morgan fingerprint density at radius 3 is 2.73 bits per heavy atom. The molecule has 26 heavy (non-hydrogen) atoms. The monoisotopic (exact) mass is 364 g/mol. The van der Waals surface area contributed by atoms with Crippen molar-refractivity contribution >= 4 is 51.9 Å². The number of hydrogen-bond acceptors (Lipinski definition) is 5. The fraction of sp³-hybridized carbons (Fsp3) is 0.0526. The molecule has 2 N–H and O–H groups in total. The van der Waals surface area contributed by atoms with Crippen LogP contribution in [-0.4, -0.2) is 29.5 Å². The molecule has 0 saturated heterocycles. The highest BCUT2D eigenvalue weighted by atomic mass is 32.1. The number of benzene rings is 2. The second kappa shape index (κ2) is 8.17. The fourth-order valence-corrected chi connectivity index (χ4v) is 2.47. The number of anilines is 1. The fourth-order valence-electron chi connectivity index (χ4n) is 2.28. The third-order valence-electron chi connectivity index (χ3n) is 3.51. The summed E-state index contributed by atoms with van der Waals surface area (Å²) >= 11 is 5.08. The quantitative estimate of drug-likeness (QED) is 0.542. The zero-order valence-electron chi connectivity index (χ0n) is 14.0. The molecular weight excluding hydrogens is 348 g/mol. The van der Waals surface area contributed by atoms with Crippen molar-refractivity contribution in [3.8, 4) is 0 Å². The molecule has 0 fully saturated rings. The van der Waals surface area contributed by atoms with Crippen LogP contribution in [-0.2, 0) is 4.74 Å². The van der Waals surface area contributed by atoms with Gasteiger partial charge in [-0.3, -0.25) is 10.3 Å². The predicted molar refractivity (Wildman–Crippen MR) is 107 cm³/mol. The Morgan fingerprint density at radius 1 is 1.12 bits per heavy atom. The molecule has 3 aromatic rings. The summed E-state index contributed by atoms with van der Waals surface area (Å²) in [5, 5.41) is 6.52. The highest BCUT2D eigenvalue weighted by molar-refractivity contribution is 7.80. The van der Waals surface area contributed by atoms with Crippen LogP contribution in [0.1, 0.15) is 5.69 Å². The van der Waals surface area contributed by atoms with E-state index >= 15 is 0 Å². The Morgan fingerprint density at radius 2 is 1.88 bits per heavy atom. The average Bonchev–Trinajstić information content (AvgIpc) is 2.67. The number of hydrogen-bond donors (Lipinski definition) is 2. The Balaban J connectivity index is 1.79. The van der Waals surface area contributed by atoms with Crippen LogP contribution in [0.2, 0.25) is 0 Å². The number of amides is 1. The van der Waals surface area contributed by atoms with Crippen LogP contribution in [0.3, 0.4) is 0 Å². The molecule has 130 valence electrons. The summed E-state index contributed by atoms with van der Waals surface area (Å²) in [5.41, 5.74) is 2.97. The highest BCUT2D eigenvalue weighted by Crippen LogP contribution is 2.24. The van der Waals surface area contributed by atoms with Gasteiger partial charge in [-0.05, 0) is 36.5 Å². The van der Waals surface area contributed by atoms with Crippen LogP contribution in [0.15, 0.2) is 65.7 Å². The van der Waals surface area contributed by atoms with Gasteiger partial charge in [-0.25, -0.2) is 9.78 Å². The van der Waals surface area contributed by atoms with Gasteiger partial charge in [-0.1, -0.05) is 36.4 Å². The first-order chi connectivity index (χ1) is 12.7. The molecule has 0 radical (unpaired) electrons. The Bertz CT molecular complexity index is 988. The van der Waals surface area contributed by atoms with Crippen LogP contribution >= 0.6 is 12.2 Å². The number of carbonyl (C=O) groups is 1. The van der Waals surface area contributed by atoms with Gasteiger partial charge in [0.25, 0.3) is 0 Å². The average molecular weight is 364 g/mol. The van der Waals surface area contributed by atoms with Gasteiger partial charge in [0, 0.05) is 5.39 Å². The lowest BCUT2D eigenvalue weighted by Gasteiger charge is -2.10. The number of carbonyl (C=O) groups excluding carboxylic acids is 1. The largest absolute Gasteiger partial charge is 0.453 e. The standard InChI is InChI=1S/C19H16N4O2S/c1-25-19(24)23-18(26)22-17-9-5-4-8-16(17)20-12-14-11-10-13-6-2-3-7-15(13)21-14/h2-12H,1H3,(H2,22,23,24,26). The Kier molecular flexibility index (Phi) is 5.50. The van der Waals surface area contributed by atoms with Crippen LogP contribution in [0.25, 0.3) is 10.9 Å². The molecule has 0 bridgehead atoms. The second-order valence-electron chi connectivity index (χ2n) is 5.27. The Hall–Kier alpha value is -3.32. The van der Waals surface area contributed by atoms with Crippen LogP contribution in [0.5, 0.6) is 0 Å². The number of fused-ring (bicyclic) bond motifs is 1. The smallest absolute Gasteiger partial charge is 0.413 e. The molecule has 0 unspecified atom stereocenters. The minimum absolute atomic E-state index is 0.128. The normalized spacial score (nSPS) is 10.7. The third-order valence-corrected chi connectivity index (χ3v) is 3.71. The molecule has 1 aromatic heterocycles. The zero-order valence-corrected chi connectivity index (χ0v) is 14.8. The molecule has 0 aliphatic rings. The maximum atomic E-state index is 11.2. The van der Waals surface area contributed by atoms with E-state index in [1.807, 2.05) is 60.7 Å². The van der Waals surface area contributed by atoms with E-state index in [2.05, 4.69) is 25.3 Å².